The largest absolute Gasteiger partial charge is 0.497 e. The Labute approximate surface area is 189 Å². The Hall–Kier alpha value is -2.22. The Morgan fingerprint density at radius 1 is 1.13 bits per heavy atom. The number of carbonyl (C=O) groups excluding carboxylic acids is 1. The quantitative estimate of drug-likeness (QED) is 0.235. The third-order valence-corrected chi connectivity index (χ3v) is 5.92. The summed E-state index contributed by atoms with van der Waals surface area (Å²) in [4.78, 5) is 12.4. The SMILES string of the molecule is COc1ccc(C(=O)CSc2nnc(CCCOc3ccc(Cl)cc3Cl)n2C)cc1. The molecule has 0 aliphatic heterocycles. The van der Waals surface area contributed by atoms with Crippen LogP contribution in [0.4, 0.5) is 0 Å². The fourth-order valence-electron chi connectivity index (χ4n) is 2.68. The summed E-state index contributed by atoms with van der Waals surface area (Å²) in [6.07, 6.45) is 1.45. The van der Waals surface area contributed by atoms with E-state index in [1.165, 1.54) is 11.8 Å². The molecule has 0 saturated carbocycles. The van der Waals surface area contributed by atoms with Gasteiger partial charge in [-0.15, -0.1) is 10.2 Å². The van der Waals surface area contributed by atoms with E-state index in [9.17, 15) is 4.79 Å². The number of benzene rings is 2. The van der Waals surface area contributed by atoms with Crippen LogP contribution in [0.15, 0.2) is 47.6 Å². The molecule has 0 spiro atoms. The zero-order chi connectivity index (χ0) is 21.5. The summed E-state index contributed by atoms with van der Waals surface area (Å²) in [5.74, 6) is 2.48. The lowest BCUT2D eigenvalue weighted by molar-refractivity contribution is 0.102. The van der Waals surface area contributed by atoms with Crippen LogP contribution < -0.4 is 9.47 Å². The highest BCUT2D eigenvalue weighted by molar-refractivity contribution is 7.99. The van der Waals surface area contributed by atoms with Crippen molar-refractivity contribution in [3.63, 3.8) is 0 Å². The molecule has 0 N–H and O–H groups in total. The molecule has 30 heavy (non-hydrogen) atoms. The average molecular weight is 466 g/mol. The van der Waals surface area contributed by atoms with Crippen LogP contribution in [0.1, 0.15) is 22.6 Å². The van der Waals surface area contributed by atoms with E-state index in [0.29, 0.717) is 39.5 Å². The Balaban J connectivity index is 1.47. The fraction of sp³-hybridized carbons (Fsp3) is 0.286. The molecule has 0 fully saturated rings. The van der Waals surface area contributed by atoms with Crippen molar-refractivity contribution < 1.29 is 14.3 Å². The average Bonchev–Trinajstić information content (AvgIpc) is 3.10. The number of ketones is 1. The fourth-order valence-corrected chi connectivity index (χ4v) is 3.97. The first kappa shape index (κ1) is 22.5. The monoisotopic (exact) mass is 465 g/mol. The molecule has 1 heterocycles. The Bertz CT molecular complexity index is 1010. The number of aromatic nitrogens is 3. The van der Waals surface area contributed by atoms with Crippen molar-refractivity contribution in [3.05, 3.63) is 63.9 Å². The lowest BCUT2D eigenvalue weighted by atomic mass is 10.1. The zero-order valence-corrected chi connectivity index (χ0v) is 18.9. The second-order valence-electron chi connectivity index (χ2n) is 6.42. The summed E-state index contributed by atoms with van der Waals surface area (Å²) in [6.45, 7) is 0.493. The third kappa shape index (κ3) is 5.90. The number of hydrogen-bond acceptors (Lipinski definition) is 6. The normalized spacial score (nSPS) is 10.8. The zero-order valence-electron chi connectivity index (χ0n) is 16.6. The highest BCUT2D eigenvalue weighted by atomic mass is 35.5. The van der Waals surface area contributed by atoms with Gasteiger partial charge in [0.25, 0.3) is 0 Å². The summed E-state index contributed by atoms with van der Waals surface area (Å²) >= 11 is 13.4. The van der Waals surface area contributed by atoms with E-state index in [2.05, 4.69) is 10.2 Å². The van der Waals surface area contributed by atoms with Crippen LogP contribution in [0.5, 0.6) is 11.5 Å². The number of thioether (sulfide) groups is 1. The number of nitrogens with zero attached hydrogens (tertiary/aromatic N) is 3. The van der Waals surface area contributed by atoms with Gasteiger partial charge in [-0.25, -0.2) is 0 Å². The van der Waals surface area contributed by atoms with Crippen molar-refractivity contribution in [2.24, 2.45) is 7.05 Å². The molecule has 1 aromatic heterocycles. The summed E-state index contributed by atoms with van der Waals surface area (Å²) in [6, 6.07) is 12.2. The predicted molar refractivity (Wildman–Crippen MR) is 119 cm³/mol. The van der Waals surface area contributed by atoms with Crippen LogP contribution in [0.25, 0.3) is 0 Å². The Kier molecular flexibility index (Phi) is 8.01. The van der Waals surface area contributed by atoms with Crippen LogP contribution in [0.2, 0.25) is 10.0 Å². The highest BCUT2D eigenvalue weighted by Gasteiger charge is 2.13. The molecule has 0 aliphatic carbocycles. The minimum Gasteiger partial charge on any atom is -0.497 e. The maximum absolute atomic E-state index is 12.4. The summed E-state index contributed by atoms with van der Waals surface area (Å²) in [7, 11) is 3.49. The summed E-state index contributed by atoms with van der Waals surface area (Å²) in [5.41, 5.74) is 0.642. The van der Waals surface area contributed by atoms with Crippen LogP contribution in [-0.2, 0) is 13.5 Å². The van der Waals surface area contributed by atoms with Gasteiger partial charge in [0.2, 0.25) is 0 Å². The van der Waals surface area contributed by atoms with Gasteiger partial charge in [0.15, 0.2) is 10.9 Å². The van der Waals surface area contributed by atoms with Crippen molar-refractivity contribution in [1.82, 2.24) is 14.8 Å². The number of methoxy groups -OCH3 is 1. The molecule has 0 aliphatic rings. The van der Waals surface area contributed by atoms with Crippen molar-refractivity contribution in [2.75, 3.05) is 19.5 Å². The maximum Gasteiger partial charge on any atom is 0.191 e. The van der Waals surface area contributed by atoms with Crippen LogP contribution in [0.3, 0.4) is 0 Å². The Morgan fingerprint density at radius 3 is 2.60 bits per heavy atom. The number of halogens is 2. The maximum atomic E-state index is 12.4. The van der Waals surface area contributed by atoms with Crippen molar-refractivity contribution >= 4 is 40.7 Å². The Morgan fingerprint density at radius 2 is 1.90 bits per heavy atom. The number of ether oxygens (including phenoxy) is 2. The predicted octanol–water partition coefficient (Wildman–Crippen LogP) is 5.12. The van der Waals surface area contributed by atoms with E-state index in [1.54, 1.807) is 49.6 Å². The molecule has 2 aromatic carbocycles. The van der Waals surface area contributed by atoms with Gasteiger partial charge in [-0.3, -0.25) is 4.79 Å². The summed E-state index contributed by atoms with van der Waals surface area (Å²) < 4.78 is 12.7. The molecule has 0 saturated heterocycles. The lowest BCUT2D eigenvalue weighted by Crippen LogP contribution is -2.06. The van der Waals surface area contributed by atoms with Crippen molar-refractivity contribution in [1.29, 1.82) is 0 Å². The first-order valence-electron chi connectivity index (χ1n) is 9.24. The van der Waals surface area contributed by atoms with Crippen LogP contribution in [0, 0.1) is 0 Å². The molecule has 6 nitrogen and oxygen atoms in total. The molecular weight excluding hydrogens is 445 g/mol. The third-order valence-electron chi connectivity index (χ3n) is 4.37. The molecule has 3 aromatic rings. The van der Waals surface area contributed by atoms with Gasteiger partial charge in [-0.1, -0.05) is 35.0 Å². The van der Waals surface area contributed by atoms with Crippen molar-refractivity contribution in [3.8, 4) is 11.5 Å². The minimum absolute atomic E-state index is 0.0282. The summed E-state index contributed by atoms with van der Waals surface area (Å²) in [5, 5.41) is 10.2. The second kappa shape index (κ2) is 10.7. The van der Waals surface area contributed by atoms with Gasteiger partial charge in [-0.2, -0.15) is 0 Å². The lowest BCUT2D eigenvalue weighted by Gasteiger charge is -2.08. The number of aryl methyl sites for hydroxylation is 1. The van der Waals surface area contributed by atoms with Gasteiger partial charge >= 0.3 is 0 Å². The number of carbonyl (C=O) groups is 1. The molecule has 9 heteroatoms. The highest BCUT2D eigenvalue weighted by Crippen LogP contribution is 2.27. The van der Waals surface area contributed by atoms with E-state index in [-0.39, 0.29) is 11.5 Å². The number of hydrogen-bond donors (Lipinski definition) is 0. The molecular formula is C21H21Cl2N3O3S. The van der Waals surface area contributed by atoms with E-state index < -0.39 is 0 Å². The molecule has 3 rings (SSSR count). The van der Waals surface area contributed by atoms with Crippen molar-refractivity contribution in [2.45, 2.75) is 18.0 Å². The van der Waals surface area contributed by atoms with E-state index >= 15 is 0 Å². The smallest absolute Gasteiger partial charge is 0.191 e. The second-order valence-corrected chi connectivity index (χ2v) is 8.21. The molecule has 0 radical (unpaired) electrons. The van der Waals surface area contributed by atoms with Crippen LogP contribution >= 0.6 is 35.0 Å². The van der Waals surface area contributed by atoms with Gasteiger partial charge in [-0.05, 0) is 48.9 Å². The van der Waals surface area contributed by atoms with E-state index in [0.717, 1.165) is 18.0 Å². The molecule has 158 valence electrons. The molecule has 0 unspecified atom stereocenters. The molecule has 0 amide bonds. The first-order valence-corrected chi connectivity index (χ1v) is 11.0. The van der Waals surface area contributed by atoms with E-state index in [4.69, 9.17) is 32.7 Å². The van der Waals surface area contributed by atoms with Gasteiger partial charge in [0.1, 0.15) is 17.3 Å². The van der Waals surface area contributed by atoms with E-state index in [1.807, 2.05) is 11.6 Å². The standard InChI is InChI=1S/C21H21Cl2N3O3S/c1-26-20(4-3-11-29-19-10-7-15(22)12-17(19)23)24-25-21(26)30-13-18(27)14-5-8-16(28-2)9-6-14/h5-10,12H,3-4,11,13H2,1-2H3. The number of rotatable bonds is 10. The van der Waals surface area contributed by atoms with Gasteiger partial charge in [0, 0.05) is 24.1 Å². The first-order chi connectivity index (χ1) is 14.5. The number of Topliss-reactive ketones (excluding diaryl/α,β-unsaturated/α-hetero) is 1. The van der Waals surface area contributed by atoms with Gasteiger partial charge in [0.05, 0.1) is 24.5 Å². The topological polar surface area (TPSA) is 66.2 Å². The van der Waals surface area contributed by atoms with Crippen LogP contribution in [-0.4, -0.2) is 40.0 Å². The van der Waals surface area contributed by atoms with Gasteiger partial charge < -0.3 is 14.0 Å². The molecule has 0 bridgehead atoms. The molecule has 0 atom stereocenters. The minimum atomic E-state index is 0.0282.